The maximum absolute atomic E-state index is 12.7. The molecule has 3 rings (SSSR count). The van der Waals surface area contributed by atoms with Gasteiger partial charge in [-0.15, -0.1) is 5.92 Å². The molecule has 0 aromatic carbocycles. The minimum absolute atomic E-state index is 0.0791. The summed E-state index contributed by atoms with van der Waals surface area (Å²) in [6.07, 6.45) is 2.70. The van der Waals surface area contributed by atoms with E-state index in [4.69, 9.17) is 5.73 Å². The molecule has 8 heteroatoms. The Morgan fingerprint density at radius 3 is 2.68 bits per heavy atom. The number of nitrogens with zero attached hydrogens (tertiary/aromatic N) is 5. The molecule has 0 amide bonds. The number of fused-ring (bicyclic) bond motifs is 1. The van der Waals surface area contributed by atoms with Gasteiger partial charge in [-0.05, 0) is 12.8 Å². The summed E-state index contributed by atoms with van der Waals surface area (Å²) in [6.45, 7) is 3.84. The molecule has 1 aliphatic heterocycles. The number of aromatic nitrogens is 4. The zero-order valence-electron chi connectivity index (χ0n) is 14.9. The molecule has 2 N–H and O–H groups in total. The molecule has 1 fully saturated rings. The molecule has 25 heavy (non-hydrogen) atoms. The largest absolute Gasteiger partial charge is 0.341 e. The Kier molecular flexibility index (Phi) is 4.68. The molecule has 1 saturated heterocycles. The number of imidazole rings is 1. The first-order valence-corrected chi connectivity index (χ1v) is 8.58. The van der Waals surface area contributed by atoms with Gasteiger partial charge in [-0.25, -0.2) is 4.79 Å². The second kappa shape index (κ2) is 6.76. The van der Waals surface area contributed by atoms with Crippen LogP contribution in [-0.2, 0) is 20.6 Å². The van der Waals surface area contributed by atoms with Crippen molar-refractivity contribution in [3.05, 3.63) is 20.8 Å². The molecule has 0 aliphatic carbocycles. The first kappa shape index (κ1) is 17.3. The summed E-state index contributed by atoms with van der Waals surface area (Å²) >= 11 is 0. The molecule has 8 nitrogen and oxygen atoms in total. The molecule has 1 atom stereocenters. The van der Waals surface area contributed by atoms with E-state index in [0.717, 1.165) is 30.4 Å². The highest BCUT2D eigenvalue weighted by molar-refractivity contribution is 5.74. The Morgan fingerprint density at radius 1 is 1.24 bits per heavy atom. The zero-order chi connectivity index (χ0) is 18.1. The predicted octanol–water partition coefficient (Wildman–Crippen LogP) is -0.225. The summed E-state index contributed by atoms with van der Waals surface area (Å²) in [5.74, 6) is 6.77. The van der Waals surface area contributed by atoms with E-state index in [1.165, 1.54) is 11.6 Å². The van der Waals surface area contributed by atoms with Crippen molar-refractivity contribution in [3.8, 4) is 11.8 Å². The lowest BCUT2D eigenvalue weighted by Crippen LogP contribution is -2.44. The first-order chi connectivity index (χ1) is 12.0. The molecule has 2 aromatic rings. The molecule has 0 radical (unpaired) electrons. The monoisotopic (exact) mass is 344 g/mol. The van der Waals surface area contributed by atoms with Gasteiger partial charge in [0.05, 0.1) is 6.54 Å². The van der Waals surface area contributed by atoms with Crippen molar-refractivity contribution in [2.75, 3.05) is 18.0 Å². The fraction of sp³-hybridized carbons (Fsp3) is 0.588. The van der Waals surface area contributed by atoms with Gasteiger partial charge in [0.15, 0.2) is 11.2 Å². The number of rotatable bonds is 2. The van der Waals surface area contributed by atoms with Crippen molar-refractivity contribution in [1.29, 1.82) is 0 Å². The van der Waals surface area contributed by atoms with Crippen LogP contribution >= 0.6 is 0 Å². The molecule has 3 heterocycles. The van der Waals surface area contributed by atoms with E-state index in [1.807, 2.05) is 11.5 Å². The molecular weight excluding hydrogens is 320 g/mol. The maximum Gasteiger partial charge on any atom is 0.332 e. The topological polar surface area (TPSA) is 91.1 Å². The SMILES string of the molecule is CCC#CCn1c(N2CCCC(N)C2)nc2c1c(=O)n(C)c(=O)n2C. The number of nitrogens with two attached hydrogens (primary N) is 1. The van der Waals surface area contributed by atoms with Crippen LogP contribution in [0.1, 0.15) is 26.2 Å². The fourth-order valence-corrected chi connectivity index (χ4v) is 3.28. The number of aryl methyl sites for hydroxylation is 1. The molecule has 0 bridgehead atoms. The third kappa shape index (κ3) is 2.96. The highest BCUT2D eigenvalue weighted by atomic mass is 16.2. The summed E-state index contributed by atoms with van der Waals surface area (Å²) in [5.41, 5.74) is 6.17. The van der Waals surface area contributed by atoms with Crippen LogP contribution in [0, 0.1) is 11.8 Å². The van der Waals surface area contributed by atoms with Gasteiger partial charge in [0.1, 0.15) is 0 Å². The van der Waals surface area contributed by atoms with Gasteiger partial charge in [-0.2, -0.15) is 4.98 Å². The Balaban J connectivity index is 2.26. The fourth-order valence-electron chi connectivity index (χ4n) is 3.28. The third-order valence-electron chi connectivity index (χ3n) is 4.61. The van der Waals surface area contributed by atoms with Crippen LogP contribution < -0.4 is 21.9 Å². The lowest BCUT2D eigenvalue weighted by atomic mass is 10.1. The van der Waals surface area contributed by atoms with Crippen molar-refractivity contribution < 1.29 is 0 Å². The van der Waals surface area contributed by atoms with Crippen molar-refractivity contribution in [2.24, 2.45) is 19.8 Å². The molecule has 1 aliphatic rings. The lowest BCUT2D eigenvalue weighted by molar-refractivity contribution is 0.496. The van der Waals surface area contributed by atoms with Crippen LogP contribution in [-0.4, -0.2) is 37.8 Å². The average molecular weight is 344 g/mol. The molecule has 134 valence electrons. The quantitative estimate of drug-likeness (QED) is 0.760. The van der Waals surface area contributed by atoms with Crippen LogP contribution in [0.5, 0.6) is 0 Å². The van der Waals surface area contributed by atoms with Crippen LogP contribution in [0.4, 0.5) is 5.95 Å². The van der Waals surface area contributed by atoms with Gasteiger partial charge < -0.3 is 10.6 Å². The van der Waals surface area contributed by atoms with Crippen LogP contribution in [0.15, 0.2) is 9.59 Å². The maximum atomic E-state index is 12.7. The van der Waals surface area contributed by atoms with Crippen LogP contribution in [0.2, 0.25) is 0 Å². The summed E-state index contributed by atoms with van der Waals surface area (Å²) in [7, 11) is 3.11. The normalized spacial score (nSPS) is 17.6. The van der Waals surface area contributed by atoms with Gasteiger partial charge in [0.25, 0.3) is 5.56 Å². The Hall–Kier alpha value is -2.53. The lowest BCUT2D eigenvalue weighted by Gasteiger charge is -2.31. The van der Waals surface area contributed by atoms with E-state index < -0.39 is 0 Å². The van der Waals surface area contributed by atoms with Gasteiger partial charge in [-0.3, -0.25) is 18.5 Å². The van der Waals surface area contributed by atoms with E-state index in [1.54, 1.807) is 7.05 Å². The Labute approximate surface area is 145 Å². The smallest absolute Gasteiger partial charge is 0.332 e. The van der Waals surface area contributed by atoms with E-state index in [-0.39, 0.29) is 17.3 Å². The highest BCUT2D eigenvalue weighted by Gasteiger charge is 2.25. The van der Waals surface area contributed by atoms with Gasteiger partial charge in [0.2, 0.25) is 5.95 Å². The molecule has 0 saturated carbocycles. The van der Waals surface area contributed by atoms with Crippen LogP contribution in [0.3, 0.4) is 0 Å². The highest BCUT2D eigenvalue weighted by Crippen LogP contribution is 2.22. The Morgan fingerprint density at radius 2 is 2.00 bits per heavy atom. The van der Waals surface area contributed by atoms with Gasteiger partial charge in [-0.1, -0.05) is 12.8 Å². The number of hydrogen-bond acceptors (Lipinski definition) is 5. The van der Waals surface area contributed by atoms with E-state index >= 15 is 0 Å². The predicted molar refractivity (Wildman–Crippen MR) is 97.7 cm³/mol. The summed E-state index contributed by atoms with van der Waals surface area (Å²) in [4.78, 5) is 31.7. The van der Waals surface area contributed by atoms with E-state index in [0.29, 0.717) is 30.2 Å². The third-order valence-corrected chi connectivity index (χ3v) is 4.61. The number of piperidine rings is 1. The molecule has 1 unspecified atom stereocenters. The second-order valence-corrected chi connectivity index (χ2v) is 6.43. The van der Waals surface area contributed by atoms with E-state index in [9.17, 15) is 9.59 Å². The number of hydrogen-bond donors (Lipinski definition) is 1. The van der Waals surface area contributed by atoms with Crippen molar-refractivity contribution in [2.45, 2.75) is 38.8 Å². The van der Waals surface area contributed by atoms with Crippen molar-refractivity contribution >= 4 is 17.1 Å². The van der Waals surface area contributed by atoms with E-state index in [2.05, 4.69) is 21.7 Å². The standard InChI is InChI=1S/C17H24N6O2/c1-4-5-6-10-23-13-14(20(2)17(25)21(3)15(13)24)19-16(23)22-9-7-8-12(18)11-22/h12H,4,7-11,18H2,1-3H3. The minimum Gasteiger partial charge on any atom is -0.341 e. The minimum atomic E-state index is -0.385. The van der Waals surface area contributed by atoms with Crippen molar-refractivity contribution in [1.82, 2.24) is 18.7 Å². The second-order valence-electron chi connectivity index (χ2n) is 6.43. The van der Waals surface area contributed by atoms with Gasteiger partial charge in [0, 0.05) is 39.6 Å². The van der Waals surface area contributed by atoms with Gasteiger partial charge >= 0.3 is 5.69 Å². The Bertz CT molecular complexity index is 971. The summed E-state index contributed by atoms with van der Waals surface area (Å²) < 4.78 is 4.34. The zero-order valence-corrected chi connectivity index (χ0v) is 14.9. The van der Waals surface area contributed by atoms with Crippen molar-refractivity contribution in [3.63, 3.8) is 0 Å². The molecule has 0 spiro atoms. The molecule has 2 aromatic heterocycles. The van der Waals surface area contributed by atoms with Crippen LogP contribution in [0.25, 0.3) is 11.2 Å². The first-order valence-electron chi connectivity index (χ1n) is 8.58. The summed E-state index contributed by atoms with van der Waals surface area (Å²) in [5, 5.41) is 0. The average Bonchev–Trinajstić information content (AvgIpc) is 2.98. The summed E-state index contributed by atoms with van der Waals surface area (Å²) in [6, 6.07) is 0.0791. The number of anilines is 1. The molecular formula is C17H24N6O2.